The van der Waals surface area contributed by atoms with E-state index in [4.69, 9.17) is 27.6 Å². The van der Waals surface area contributed by atoms with Crippen LogP contribution in [-0.2, 0) is 10.0 Å². The maximum absolute atomic E-state index is 13.3. The summed E-state index contributed by atoms with van der Waals surface area (Å²) in [5.41, 5.74) is -0.447. The average molecular weight is 516 g/mol. The zero-order valence-corrected chi connectivity index (χ0v) is 18.9. The van der Waals surface area contributed by atoms with Gasteiger partial charge in [0.15, 0.2) is 11.3 Å². The van der Waals surface area contributed by atoms with Crippen molar-refractivity contribution >= 4 is 72.4 Å². The number of para-hydroxylation sites is 1. The van der Waals surface area contributed by atoms with Crippen LogP contribution in [0.3, 0.4) is 0 Å². The van der Waals surface area contributed by atoms with Gasteiger partial charge in [-0.25, -0.2) is 8.42 Å². The summed E-state index contributed by atoms with van der Waals surface area (Å²) >= 11 is 12.2. The van der Waals surface area contributed by atoms with E-state index in [2.05, 4.69) is 19.8 Å². The molecule has 0 aliphatic carbocycles. The molecule has 1 amide bonds. The fraction of sp³-hybridized carbons (Fsp3) is 0.100. The lowest BCUT2D eigenvalue weighted by atomic mass is 10.0. The number of alkyl halides is 2. The van der Waals surface area contributed by atoms with Gasteiger partial charge < -0.3 is 14.5 Å². The molecule has 0 unspecified atom stereocenters. The summed E-state index contributed by atoms with van der Waals surface area (Å²) in [4.78, 5) is 17.1. The molecule has 4 aromatic rings. The minimum atomic E-state index is -3.95. The lowest BCUT2D eigenvalue weighted by Gasteiger charge is -2.15. The van der Waals surface area contributed by atoms with Crippen LogP contribution in [0.2, 0.25) is 10.0 Å². The van der Waals surface area contributed by atoms with Crippen molar-refractivity contribution in [3.05, 3.63) is 58.3 Å². The van der Waals surface area contributed by atoms with E-state index in [0.29, 0.717) is 5.39 Å². The highest BCUT2D eigenvalue weighted by molar-refractivity contribution is 7.92. The van der Waals surface area contributed by atoms with Crippen LogP contribution in [0.4, 0.5) is 20.2 Å². The molecule has 2 aromatic carbocycles. The minimum Gasteiger partial charge on any atom is -0.452 e. The predicted molar refractivity (Wildman–Crippen MR) is 121 cm³/mol. The Bertz CT molecular complexity index is 1490. The Labute approximate surface area is 195 Å². The van der Waals surface area contributed by atoms with Gasteiger partial charge in [0.25, 0.3) is 5.91 Å². The number of benzene rings is 2. The monoisotopic (exact) mass is 515 g/mol. The second kappa shape index (κ2) is 8.65. The van der Waals surface area contributed by atoms with Gasteiger partial charge in [-0.2, -0.15) is 8.78 Å². The van der Waals surface area contributed by atoms with Gasteiger partial charge in [0.2, 0.25) is 10.0 Å². The number of rotatable bonds is 6. The van der Waals surface area contributed by atoms with E-state index >= 15 is 0 Å². The van der Waals surface area contributed by atoms with Crippen LogP contribution in [0.5, 0.6) is 5.75 Å². The molecule has 0 aliphatic heterocycles. The van der Waals surface area contributed by atoms with Crippen LogP contribution < -0.4 is 14.8 Å². The fourth-order valence-corrected chi connectivity index (χ4v) is 4.26. The maximum atomic E-state index is 13.3. The van der Waals surface area contributed by atoms with Crippen LogP contribution >= 0.6 is 23.2 Å². The maximum Gasteiger partial charge on any atom is 0.387 e. The van der Waals surface area contributed by atoms with Gasteiger partial charge in [-0.05, 0) is 12.1 Å². The second-order valence-corrected chi connectivity index (χ2v) is 9.35. The first-order chi connectivity index (χ1) is 15.5. The SMILES string of the molecule is CS(=O)(=O)Nc1cc(C(=O)Nc2c(Cl)cncc2Cl)c2c(oc3ccccc32)c1OC(F)F. The molecule has 172 valence electrons. The number of hydrogen-bond acceptors (Lipinski definition) is 6. The van der Waals surface area contributed by atoms with Crippen molar-refractivity contribution in [3.63, 3.8) is 0 Å². The van der Waals surface area contributed by atoms with Gasteiger partial charge in [-0.15, -0.1) is 0 Å². The molecule has 0 spiro atoms. The Hall–Kier alpha value is -3.15. The number of halogens is 4. The number of amides is 1. The molecule has 2 aromatic heterocycles. The first kappa shape index (κ1) is 23.0. The number of ether oxygens (including phenoxy) is 1. The molecule has 4 rings (SSSR count). The number of aromatic nitrogens is 1. The topological polar surface area (TPSA) is 111 Å². The number of nitrogens with zero attached hydrogens (tertiary/aromatic N) is 1. The summed E-state index contributed by atoms with van der Waals surface area (Å²) in [6.07, 6.45) is 3.35. The molecule has 0 atom stereocenters. The molecular formula is C20H13Cl2F2N3O5S. The predicted octanol–water partition coefficient (Wildman–Crippen LogP) is 5.51. The van der Waals surface area contributed by atoms with Crippen molar-refractivity contribution in [3.8, 4) is 5.75 Å². The van der Waals surface area contributed by atoms with Gasteiger partial charge in [0.05, 0.1) is 33.2 Å². The molecule has 0 bridgehead atoms. The van der Waals surface area contributed by atoms with Crippen LogP contribution in [0.1, 0.15) is 10.4 Å². The minimum absolute atomic E-state index is 0.0521. The molecule has 8 nitrogen and oxygen atoms in total. The van der Waals surface area contributed by atoms with E-state index in [0.717, 1.165) is 12.3 Å². The zero-order valence-electron chi connectivity index (χ0n) is 16.5. The smallest absolute Gasteiger partial charge is 0.387 e. The number of pyridine rings is 1. The Morgan fingerprint density at radius 1 is 1.18 bits per heavy atom. The van der Waals surface area contributed by atoms with Crippen molar-refractivity contribution in [1.29, 1.82) is 0 Å². The van der Waals surface area contributed by atoms with Crippen molar-refractivity contribution in [2.45, 2.75) is 6.61 Å². The van der Waals surface area contributed by atoms with Crippen molar-refractivity contribution in [2.24, 2.45) is 0 Å². The highest BCUT2D eigenvalue weighted by atomic mass is 35.5. The standard InChI is InChI=1S/C20H13Cl2F2N3O5S/c1-33(29,30)27-13-6-10(19(28)26-16-11(21)7-25-8-12(16)22)15-9-4-2-3-5-14(9)31-18(15)17(13)32-20(23)24/h2-8,20,27H,1H3,(H,25,26,28). The number of carbonyl (C=O) groups excluding carboxylic acids is 1. The molecule has 13 heteroatoms. The van der Waals surface area contributed by atoms with E-state index in [1.807, 2.05) is 0 Å². The third-order valence-corrected chi connectivity index (χ3v) is 5.61. The van der Waals surface area contributed by atoms with E-state index in [1.165, 1.54) is 12.4 Å². The Morgan fingerprint density at radius 3 is 2.48 bits per heavy atom. The van der Waals surface area contributed by atoms with Gasteiger partial charge in [0, 0.05) is 23.2 Å². The summed E-state index contributed by atoms with van der Waals surface area (Å²) in [5.74, 6) is -1.33. The molecule has 0 fully saturated rings. The Morgan fingerprint density at radius 2 is 1.85 bits per heavy atom. The third-order valence-electron chi connectivity index (χ3n) is 4.44. The van der Waals surface area contributed by atoms with Gasteiger partial charge in [-0.1, -0.05) is 41.4 Å². The molecule has 0 aliphatic rings. The normalized spacial score (nSPS) is 11.8. The first-order valence-electron chi connectivity index (χ1n) is 9.06. The van der Waals surface area contributed by atoms with Crippen LogP contribution in [0, 0.1) is 0 Å². The summed E-state index contributed by atoms with van der Waals surface area (Å²) in [7, 11) is -3.95. The molecule has 33 heavy (non-hydrogen) atoms. The zero-order chi connectivity index (χ0) is 23.9. The van der Waals surface area contributed by atoms with Crippen molar-refractivity contribution in [1.82, 2.24) is 4.98 Å². The number of anilines is 2. The second-order valence-electron chi connectivity index (χ2n) is 6.79. The number of fused-ring (bicyclic) bond motifs is 3. The van der Waals surface area contributed by atoms with Crippen LogP contribution in [-0.4, -0.2) is 32.2 Å². The van der Waals surface area contributed by atoms with E-state index < -0.39 is 34.0 Å². The van der Waals surface area contributed by atoms with Gasteiger partial charge >= 0.3 is 6.61 Å². The number of furan rings is 1. The first-order valence-corrected chi connectivity index (χ1v) is 11.7. The van der Waals surface area contributed by atoms with Gasteiger partial charge in [0.1, 0.15) is 5.58 Å². The lowest BCUT2D eigenvalue weighted by molar-refractivity contribution is -0.0488. The Kier molecular flexibility index (Phi) is 6.04. The quantitative estimate of drug-likeness (QED) is 0.350. The van der Waals surface area contributed by atoms with E-state index in [-0.39, 0.29) is 37.8 Å². The van der Waals surface area contributed by atoms with E-state index in [9.17, 15) is 22.0 Å². The summed E-state index contributed by atoms with van der Waals surface area (Å²) in [6.45, 7) is -3.30. The lowest BCUT2D eigenvalue weighted by Crippen LogP contribution is -2.16. The van der Waals surface area contributed by atoms with Gasteiger partial charge in [-0.3, -0.25) is 14.5 Å². The highest BCUT2D eigenvalue weighted by Gasteiger charge is 2.27. The molecular weight excluding hydrogens is 503 g/mol. The number of sulfonamides is 1. The van der Waals surface area contributed by atoms with Crippen LogP contribution in [0.15, 0.2) is 47.1 Å². The van der Waals surface area contributed by atoms with E-state index in [1.54, 1.807) is 24.3 Å². The number of hydrogen-bond donors (Lipinski definition) is 2. The van der Waals surface area contributed by atoms with Crippen LogP contribution in [0.25, 0.3) is 21.9 Å². The summed E-state index contributed by atoms with van der Waals surface area (Å²) in [5, 5.41) is 3.18. The van der Waals surface area contributed by atoms with Crippen molar-refractivity contribution < 1.29 is 31.1 Å². The highest BCUT2D eigenvalue weighted by Crippen LogP contribution is 2.43. The molecule has 0 saturated heterocycles. The fourth-order valence-electron chi connectivity index (χ4n) is 3.25. The molecule has 0 radical (unpaired) electrons. The third kappa shape index (κ3) is 4.65. The summed E-state index contributed by atoms with van der Waals surface area (Å²) < 4.78 is 62.5. The van der Waals surface area contributed by atoms with Crippen molar-refractivity contribution in [2.75, 3.05) is 16.3 Å². The number of nitrogens with one attached hydrogen (secondary N) is 2. The largest absolute Gasteiger partial charge is 0.452 e. The number of carbonyl (C=O) groups is 1. The Balaban J connectivity index is 2.01. The average Bonchev–Trinajstić information content (AvgIpc) is 3.10. The molecule has 2 N–H and O–H groups in total. The molecule has 0 saturated carbocycles. The molecule has 2 heterocycles. The summed E-state index contributed by atoms with van der Waals surface area (Å²) in [6, 6.07) is 7.54.